The van der Waals surface area contributed by atoms with Crippen LogP contribution in [0, 0.1) is 0 Å². The lowest BCUT2D eigenvalue weighted by atomic mass is 10.3. The van der Waals surface area contributed by atoms with Crippen molar-refractivity contribution in [3.05, 3.63) is 4.88 Å². The van der Waals surface area contributed by atoms with Crippen molar-refractivity contribution in [1.29, 1.82) is 0 Å². The van der Waals surface area contributed by atoms with Crippen molar-refractivity contribution in [2.24, 2.45) is 0 Å². The molecule has 0 radical (unpaired) electrons. The molecule has 1 aromatic heterocycles. The third-order valence-corrected chi connectivity index (χ3v) is 4.20. The summed E-state index contributed by atoms with van der Waals surface area (Å²) in [4.78, 5) is 20.7. The number of ether oxygens (including phenoxy) is 1. The zero-order chi connectivity index (χ0) is 14.6. The smallest absolute Gasteiger partial charge is 0.267 e. The molecule has 108 valence electrons. The predicted octanol–water partition coefficient (Wildman–Crippen LogP) is 1.29. The Balaban J connectivity index is 2.90. The van der Waals surface area contributed by atoms with Crippen LogP contribution in [0.5, 0.6) is 0 Å². The van der Waals surface area contributed by atoms with Crippen LogP contribution in [0.3, 0.4) is 0 Å². The molecule has 6 nitrogen and oxygen atoms in total. The molecule has 1 rings (SSSR count). The molecule has 0 fully saturated rings. The summed E-state index contributed by atoms with van der Waals surface area (Å²) in [5.41, 5.74) is 5.84. The van der Waals surface area contributed by atoms with Gasteiger partial charge in [-0.05, 0) is 13.8 Å². The van der Waals surface area contributed by atoms with Gasteiger partial charge in [0, 0.05) is 27.7 Å². The molecule has 1 atom stereocenters. The first-order valence-corrected chi connectivity index (χ1v) is 6.97. The fraction of sp³-hybridized carbons (Fsp3) is 0.667. The van der Waals surface area contributed by atoms with Gasteiger partial charge in [0.05, 0.1) is 12.6 Å². The van der Waals surface area contributed by atoms with Crippen LogP contribution in [0.25, 0.3) is 0 Å². The summed E-state index contributed by atoms with van der Waals surface area (Å²) in [6.07, 6.45) is 0. The molecule has 0 spiro atoms. The number of likely N-dealkylation sites (N-methyl/N-ethyl adjacent to an activating group) is 1. The number of methoxy groups -OCH3 is 1. The van der Waals surface area contributed by atoms with Gasteiger partial charge >= 0.3 is 0 Å². The Hall–Kier alpha value is -1.34. The second-order valence-corrected chi connectivity index (χ2v) is 5.42. The monoisotopic (exact) mass is 286 g/mol. The average Bonchev–Trinajstić information content (AvgIpc) is 2.78. The number of rotatable bonds is 6. The Kier molecular flexibility index (Phi) is 5.56. The van der Waals surface area contributed by atoms with Gasteiger partial charge in [0.2, 0.25) is 0 Å². The Labute approximate surface area is 118 Å². The standard InChI is InChI=1S/C12H22N4O2S/c1-6-15(3)12-14-10(13)9(19-12)11(17)16(4)8(2)7-18-5/h8H,6-7,13H2,1-5H3. The summed E-state index contributed by atoms with van der Waals surface area (Å²) in [7, 11) is 5.28. The first kappa shape index (κ1) is 15.7. The van der Waals surface area contributed by atoms with Crippen LogP contribution in [0.4, 0.5) is 10.9 Å². The Morgan fingerprint density at radius 2 is 2.16 bits per heavy atom. The van der Waals surface area contributed by atoms with Crippen LogP contribution in [0.1, 0.15) is 23.5 Å². The number of aromatic nitrogens is 1. The van der Waals surface area contributed by atoms with E-state index in [9.17, 15) is 4.79 Å². The SMILES string of the molecule is CCN(C)c1nc(N)c(C(=O)N(C)C(C)COC)s1. The van der Waals surface area contributed by atoms with Crippen molar-refractivity contribution in [3.8, 4) is 0 Å². The average molecular weight is 286 g/mol. The van der Waals surface area contributed by atoms with Crippen molar-refractivity contribution < 1.29 is 9.53 Å². The molecule has 2 N–H and O–H groups in total. The summed E-state index contributed by atoms with van der Waals surface area (Å²) in [5.74, 6) is 0.178. The van der Waals surface area contributed by atoms with E-state index in [0.29, 0.717) is 17.3 Å². The first-order chi connectivity index (χ1) is 8.92. The number of hydrogen-bond donors (Lipinski definition) is 1. The van der Waals surface area contributed by atoms with E-state index in [0.717, 1.165) is 11.7 Å². The molecule has 0 aliphatic carbocycles. The molecule has 1 unspecified atom stereocenters. The van der Waals surface area contributed by atoms with Gasteiger partial charge in [-0.1, -0.05) is 11.3 Å². The van der Waals surface area contributed by atoms with Crippen LogP contribution in [0.2, 0.25) is 0 Å². The molecule has 1 aromatic rings. The molecule has 0 bridgehead atoms. The van der Waals surface area contributed by atoms with Crippen molar-refractivity contribution >= 4 is 28.2 Å². The van der Waals surface area contributed by atoms with Crippen LogP contribution in [-0.4, -0.2) is 56.2 Å². The van der Waals surface area contributed by atoms with Crippen molar-refractivity contribution in [2.45, 2.75) is 19.9 Å². The maximum Gasteiger partial charge on any atom is 0.267 e. The van der Waals surface area contributed by atoms with Gasteiger partial charge in [0.1, 0.15) is 10.7 Å². The second-order valence-electron chi connectivity index (χ2n) is 4.45. The van der Waals surface area contributed by atoms with Crippen LogP contribution in [-0.2, 0) is 4.74 Å². The van der Waals surface area contributed by atoms with E-state index in [4.69, 9.17) is 10.5 Å². The fourth-order valence-corrected chi connectivity index (χ4v) is 2.48. The van der Waals surface area contributed by atoms with Gasteiger partial charge < -0.3 is 20.3 Å². The maximum absolute atomic E-state index is 12.3. The van der Waals surface area contributed by atoms with E-state index in [1.165, 1.54) is 11.3 Å². The van der Waals surface area contributed by atoms with Crippen molar-refractivity contribution in [1.82, 2.24) is 9.88 Å². The van der Waals surface area contributed by atoms with Gasteiger partial charge in [0.15, 0.2) is 5.13 Å². The van der Waals surface area contributed by atoms with E-state index in [-0.39, 0.29) is 11.9 Å². The van der Waals surface area contributed by atoms with E-state index in [2.05, 4.69) is 4.98 Å². The number of hydrogen-bond acceptors (Lipinski definition) is 6. The molecular weight excluding hydrogens is 264 g/mol. The molecule has 0 aliphatic rings. The fourth-order valence-electron chi connectivity index (χ4n) is 1.49. The van der Waals surface area contributed by atoms with Crippen LogP contribution >= 0.6 is 11.3 Å². The third kappa shape index (κ3) is 3.57. The van der Waals surface area contributed by atoms with Gasteiger partial charge in [-0.2, -0.15) is 0 Å². The van der Waals surface area contributed by atoms with Crippen molar-refractivity contribution in [3.63, 3.8) is 0 Å². The number of nitrogens with zero attached hydrogens (tertiary/aromatic N) is 3. The molecule has 1 amide bonds. The lowest BCUT2D eigenvalue weighted by Gasteiger charge is -2.23. The van der Waals surface area contributed by atoms with Gasteiger partial charge in [-0.3, -0.25) is 4.79 Å². The quantitative estimate of drug-likeness (QED) is 0.853. The van der Waals surface area contributed by atoms with E-state index < -0.39 is 0 Å². The molecule has 7 heteroatoms. The summed E-state index contributed by atoms with van der Waals surface area (Å²) in [6.45, 7) is 5.25. The first-order valence-electron chi connectivity index (χ1n) is 6.15. The zero-order valence-electron chi connectivity index (χ0n) is 12.1. The number of amides is 1. The molecule has 19 heavy (non-hydrogen) atoms. The lowest BCUT2D eigenvalue weighted by Crippen LogP contribution is -2.37. The minimum Gasteiger partial charge on any atom is -0.383 e. The second kappa shape index (κ2) is 6.72. The summed E-state index contributed by atoms with van der Waals surface area (Å²) in [6, 6.07) is -0.00800. The van der Waals surface area contributed by atoms with Crippen molar-refractivity contribution in [2.75, 3.05) is 45.0 Å². The van der Waals surface area contributed by atoms with Gasteiger partial charge in [-0.15, -0.1) is 0 Å². The highest BCUT2D eigenvalue weighted by Crippen LogP contribution is 2.28. The van der Waals surface area contributed by atoms with Crippen LogP contribution < -0.4 is 10.6 Å². The number of nitrogen functional groups attached to an aromatic ring is 1. The third-order valence-electron chi connectivity index (χ3n) is 3.03. The van der Waals surface area contributed by atoms with Gasteiger partial charge in [-0.25, -0.2) is 4.98 Å². The molecular formula is C12H22N4O2S. The number of carbonyl (C=O) groups excluding carboxylic acids is 1. The molecule has 0 saturated carbocycles. The molecule has 1 heterocycles. The highest BCUT2D eigenvalue weighted by molar-refractivity contribution is 7.18. The topological polar surface area (TPSA) is 71.7 Å². The zero-order valence-corrected chi connectivity index (χ0v) is 13.0. The normalized spacial score (nSPS) is 12.3. The highest BCUT2D eigenvalue weighted by Gasteiger charge is 2.23. The largest absolute Gasteiger partial charge is 0.383 e. The van der Waals surface area contributed by atoms with Crippen LogP contribution in [0.15, 0.2) is 0 Å². The van der Waals surface area contributed by atoms with E-state index >= 15 is 0 Å². The molecule has 0 saturated heterocycles. The highest BCUT2D eigenvalue weighted by atomic mass is 32.1. The molecule has 0 aromatic carbocycles. The number of anilines is 2. The number of nitrogens with two attached hydrogens (primary N) is 1. The van der Waals surface area contributed by atoms with E-state index in [1.807, 2.05) is 25.8 Å². The summed E-state index contributed by atoms with van der Waals surface area (Å²) >= 11 is 1.32. The lowest BCUT2D eigenvalue weighted by molar-refractivity contribution is 0.0639. The number of thiazole rings is 1. The summed E-state index contributed by atoms with van der Waals surface area (Å²) < 4.78 is 5.06. The minimum absolute atomic E-state index is 0.00800. The molecule has 0 aliphatic heterocycles. The predicted molar refractivity (Wildman–Crippen MR) is 78.9 cm³/mol. The Morgan fingerprint density at radius 1 is 1.53 bits per heavy atom. The number of carbonyl (C=O) groups is 1. The van der Waals surface area contributed by atoms with Gasteiger partial charge in [0.25, 0.3) is 5.91 Å². The minimum atomic E-state index is -0.115. The maximum atomic E-state index is 12.3. The Bertz CT molecular complexity index is 435. The van der Waals surface area contributed by atoms with E-state index in [1.54, 1.807) is 19.1 Å². The Morgan fingerprint density at radius 3 is 2.68 bits per heavy atom. The summed E-state index contributed by atoms with van der Waals surface area (Å²) in [5, 5.41) is 0.760.